The summed E-state index contributed by atoms with van der Waals surface area (Å²) in [6, 6.07) is 0. The molecule has 0 aliphatic carbocycles. The lowest BCUT2D eigenvalue weighted by molar-refractivity contribution is -0.136. The van der Waals surface area contributed by atoms with Crippen molar-refractivity contribution < 1.29 is 9.90 Å². The van der Waals surface area contributed by atoms with Gasteiger partial charge in [-0.1, -0.05) is 11.8 Å². The molecule has 11 heavy (non-hydrogen) atoms. The van der Waals surface area contributed by atoms with Crippen LogP contribution in [0.25, 0.3) is 0 Å². The van der Waals surface area contributed by atoms with Gasteiger partial charge in [0.15, 0.2) is 5.17 Å². The van der Waals surface area contributed by atoms with Crippen molar-refractivity contribution in [1.82, 2.24) is 0 Å². The molecule has 0 heterocycles. The van der Waals surface area contributed by atoms with E-state index in [-0.39, 0.29) is 6.42 Å². The first kappa shape index (κ1) is 10.2. The first-order valence-corrected chi connectivity index (χ1v) is 3.97. The Kier molecular flexibility index (Phi) is 5.46. The first-order chi connectivity index (χ1) is 5.20. The third-order valence-electron chi connectivity index (χ3n) is 0.874. The summed E-state index contributed by atoms with van der Waals surface area (Å²) < 4.78 is 0. The van der Waals surface area contributed by atoms with E-state index in [1.54, 1.807) is 7.05 Å². The highest BCUT2D eigenvalue weighted by molar-refractivity contribution is 8.13. The number of carboxylic acids is 1. The van der Waals surface area contributed by atoms with Gasteiger partial charge in [-0.2, -0.15) is 0 Å². The quantitative estimate of drug-likeness (QED) is 0.510. The third-order valence-corrected chi connectivity index (χ3v) is 1.85. The van der Waals surface area contributed by atoms with E-state index in [1.807, 2.05) is 0 Å². The van der Waals surface area contributed by atoms with E-state index in [1.165, 1.54) is 11.8 Å². The summed E-state index contributed by atoms with van der Waals surface area (Å²) in [5.74, 6) is -0.321. The summed E-state index contributed by atoms with van der Waals surface area (Å²) in [6.45, 7) is 3.28. The van der Waals surface area contributed by atoms with E-state index < -0.39 is 5.97 Å². The van der Waals surface area contributed by atoms with Crippen molar-refractivity contribution in [1.29, 1.82) is 0 Å². The Labute approximate surface area is 69.4 Å². The minimum atomic E-state index is -0.808. The summed E-state index contributed by atoms with van der Waals surface area (Å²) in [5.41, 5.74) is 0. The van der Waals surface area contributed by atoms with Crippen LogP contribution in [0.2, 0.25) is 0 Å². The molecule has 0 bridgehead atoms. The lowest BCUT2D eigenvalue weighted by atomic mass is 10.5. The molecule has 0 unspecified atom stereocenters. The fourth-order valence-electron chi connectivity index (χ4n) is 0.411. The highest BCUT2D eigenvalue weighted by atomic mass is 32.2. The Bertz CT molecular complexity index is 179. The molecular weight excluding hydrogens is 164 g/mol. The zero-order chi connectivity index (χ0) is 8.69. The number of hydrogen-bond donors (Lipinski definition) is 1. The molecule has 62 valence electrons. The van der Waals surface area contributed by atoms with Crippen LogP contribution in [-0.2, 0) is 4.79 Å². The SMILES string of the molecule is C=NC(=NC)SCCC(=O)O. The van der Waals surface area contributed by atoms with Crippen molar-refractivity contribution in [2.75, 3.05) is 12.8 Å². The van der Waals surface area contributed by atoms with E-state index >= 15 is 0 Å². The number of hydrogen-bond acceptors (Lipinski definition) is 3. The zero-order valence-electron chi connectivity index (χ0n) is 6.28. The Morgan fingerprint density at radius 2 is 2.36 bits per heavy atom. The highest BCUT2D eigenvalue weighted by Gasteiger charge is 1.99. The lowest BCUT2D eigenvalue weighted by Crippen LogP contribution is -1.98. The fraction of sp³-hybridized carbons (Fsp3) is 0.500. The maximum Gasteiger partial charge on any atom is 0.304 e. The molecule has 0 aromatic heterocycles. The van der Waals surface area contributed by atoms with Crippen LogP contribution in [0, 0.1) is 0 Å². The second kappa shape index (κ2) is 5.91. The highest BCUT2D eigenvalue weighted by Crippen LogP contribution is 2.05. The molecule has 0 rings (SSSR count). The monoisotopic (exact) mass is 174 g/mol. The van der Waals surface area contributed by atoms with Gasteiger partial charge in [0.2, 0.25) is 0 Å². The van der Waals surface area contributed by atoms with Crippen LogP contribution in [0.15, 0.2) is 9.98 Å². The molecule has 5 heteroatoms. The van der Waals surface area contributed by atoms with E-state index in [4.69, 9.17) is 5.11 Å². The van der Waals surface area contributed by atoms with Gasteiger partial charge in [-0.15, -0.1) is 0 Å². The van der Waals surface area contributed by atoms with E-state index in [0.29, 0.717) is 10.9 Å². The average Bonchev–Trinajstić information content (AvgIpc) is 1.98. The molecule has 0 saturated carbocycles. The molecule has 0 amide bonds. The van der Waals surface area contributed by atoms with Crippen molar-refractivity contribution in [3.05, 3.63) is 0 Å². The van der Waals surface area contributed by atoms with E-state index in [9.17, 15) is 4.79 Å². The lowest BCUT2D eigenvalue weighted by Gasteiger charge is -1.95. The summed E-state index contributed by atoms with van der Waals surface area (Å²) in [5, 5.41) is 8.81. The molecule has 0 aromatic carbocycles. The zero-order valence-corrected chi connectivity index (χ0v) is 7.10. The Hall–Kier alpha value is -0.840. The topological polar surface area (TPSA) is 62.0 Å². The molecule has 0 spiro atoms. The van der Waals surface area contributed by atoms with Crippen LogP contribution in [0.5, 0.6) is 0 Å². The second-order valence-electron chi connectivity index (χ2n) is 1.66. The van der Waals surface area contributed by atoms with Crippen molar-refractivity contribution in [3.63, 3.8) is 0 Å². The molecule has 0 aliphatic rings. The predicted octanol–water partition coefficient (Wildman–Crippen LogP) is 0.881. The van der Waals surface area contributed by atoms with Gasteiger partial charge in [0.05, 0.1) is 6.42 Å². The molecule has 0 aromatic rings. The molecule has 0 saturated heterocycles. The van der Waals surface area contributed by atoms with E-state index in [2.05, 4.69) is 16.7 Å². The summed E-state index contributed by atoms with van der Waals surface area (Å²) in [6.07, 6.45) is 0.124. The fourth-order valence-corrected chi connectivity index (χ4v) is 1.09. The van der Waals surface area contributed by atoms with Gasteiger partial charge in [0, 0.05) is 12.8 Å². The van der Waals surface area contributed by atoms with Crippen molar-refractivity contribution in [2.45, 2.75) is 6.42 Å². The van der Waals surface area contributed by atoms with Gasteiger partial charge in [0.1, 0.15) is 0 Å². The van der Waals surface area contributed by atoms with Crippen LogP contribution < -0.4 is 0 Å². The largest absolute Gasteiger partial charge is 0.481 e. The minimum Gasteiger partial charge on any atom is -0.481 e. The number of rotatable bonds is 3. The number of nitrogens with zero attached hydrogens (tertiary/aromatic N) is 2. The molecule has 0 aliphatic heterocycles. The smallest absolute Gasteiger partial charge is 0.304 e. The summed E-state index contributed by atoms with van der Waals surface area (Å²) >= 11 is 1.29. The molecule has 0 fully saturated rings. The number of carbonyl (C=O) groups is 1. The number of amidine groups is 1. The maximum atomic E-state index is 10.1. The van der Waals surface area contributed by atoms with Crippen LogP contribution >= 0.6 is 11.8 Å². The van der Waals surface area contributed by atoms with Crippen LogP contribution in [-0.4, -0.2) is 35.8 Å². The van der Waals surface area contributed by atoms with Gasteiger partial charge in [-0.05, 0) is 6.72 Å². The van der Waals surface area contributed by atoms with Crippen molar-refractivity contribution >= 4 is 29.6 Å². The molecule has 4 nitrogen and oxygen atoms in total. The second-order valence-corrected chi connectivity index (χ2v) is 2.72. The number of carboxylic acid groups (broad SMARTS) is 1. The predicted molar refractivity (Wildman–Crippen MR) is 47.6 cm³/mol. The molecule has 0 radical (unpaired) electrons. The average molecular weight is 174 g/mol. The number of aliphatic imine (C=N–C) groups is 2. The van der Waals surface area contributed by atoms with Gasteiger partial charge < -0.3 is 5.11 Å². The van der Waals surface area contributed by atoms with Crippen LogP contribution in [0.3, 0.4) is 0 Å². The van der Waals surface area contributed by atoms with Gasteiger partial charge in [0.25, 0.3) is 0 Å². The number of thioether (sulfide) groups is 1. The third kappa shape index (κ3) is 5.60. The minimum absolute atomic E-state index is 0.124. The molecule has 0 atom stereocenters. The maximum absolute atomic E-state index is 10.1. The van der Waals surface area contributed by atoms with Gasteiger partial charge in [-0.3, -0.25) is 9.79 Å². The number of aliphatic carboxylic acids is 1. The van der Waals surface area contributed by atoms with Crippen LogP contribution in [0.4, 0.5) is 0 Å². The molecule has 1 N–H and O–H groups in total. The Morgan fingerprint density at radius 1 is 1.73 bits per heavy atom. The first-order valence-electron chi connectivity index (χ1n) is 2.98. The van der Waals surface area contributed by atoms with Gasteiger partial charge in [-0.25, -0.2) is 4.99 Å². The van der Waals surface area contributed by atoms with Crippen LogP contribution in [0.1, 0.15) is 6.42 Å². The molecular formula is C6H10N2O2S. The summed E-state index contributed by atoms with van der Waals surface area (Å²) in [4.78, 5) is 17.4. The summed E-state index contributed by atoms with van der Waals surface area (Å²) in [7, 11) is 1.60. The van der Waals surface area contributed by atoms with Crippen molar-refractivity contribution in [3.8, 4) is 0 Å². The van der Waals surface area contributed by atoms with E-state index in [0.717, 1.165) is 0 Å². The standard InChI is InChI=1S/C6H10N2O2S/c1-7-6(8-2)11-4-3-5(9)10/h1,3-4H2,2H3,(H,9,10). The Balaban J connectivity index is 3.53. The Morgan fingerprint density at radius 3 is 2.73 bits per heavy atom. The van der Waals surface area contributed by atoms with Gasteiger partial charge >= 0.3 is 5.97 Å². The van der Waals surface area contributed by atoms with Crippen molar-refractivity contribution in [2.24, 2.45) is 9.98 Å². The normalized spacial score (nSPS) is 11.2.